The van der Waals surface area contributed by atoms with E-state index in [-0.39, 0.29) is 12.5 Å². The average Bonchev–Trinajstić information content (AvgIpc) is 2.78. The van der Waals surface area contributed by atoms with Crippen LogP contribution in [0.2, 0.25) is 0 Å². The first-order chi connectivity index (χ1) is 14.5. The summed E-state index contributed by atoms with van der Waals surface area (Å²) in [5, 5.41) is 2.85. The van der Waals surface area contributed by atoms with Gasteiger partial charge in [0.25, 0.3) is 5.91 Å². The molecule has 0 aliphatic heterocycles. The molecular formula is C22H21BrN2O5. The lowest BCUT2D eigenvalue weighted by Crippen LogP contribution is -2.23. The van der Waals surface area contributed by atoms with Crippen LogP contribution in [0.4, 0.5) is 0 Å². The number of amides is 1. The summed E-state index contributed by atoms with van der Waals surface area (Å²) in [6, 6.07) is 14.3. The monoisotopic (exact) mass is 472 g/mol. The Labute approximate surface area is 183 Å². The third-order valence-electron chi connectivity index (χ3n) is 4.21. The summed E-state index contributed by atoms with van der Waals surface area (Å²) in [4.78, 5) is 16.7. The van der Waals surface area contributed by atoms with Gasteiger partial charge in [-0.25, -0.2) is 4.98 Å². The Balaban J connectivity index is 1.64. The van der Waals surface area contributed by atoms with E-state index in [0.717, 1.165) is 10.0 Å². The van der Waals surface area contributed by atoms with Gasteiger partial charge in [-0.15, -0.1) is 0 Å². The van der Waals surface area contributed by atoms with Crippen LogP contribution in [0.15, 0.2) is 59.2 Å². The minimum Gasteiger partial charge on any atom is -0.493 e. The molecule has 3 aromatic rings. The summed E-state index contributed by atoms with van der Waals surface area (Å²) in [5.74, 6) is 2.35. The fraction of sp³-hybridized carbons (Fsp3) is 0.182. The van der Waals surface area contributed by atoms with Crippen LogP contribution in [0, 0.1) is 0 Å². The van der Waals surface area contributed by atoms with Crippen molar-refractivity contribution in [2.24, 2.45) is 0 Å². The first kappa shape index (κ1) is 21.4. The van der Waals surface area contributed by atoms with E-state index in [1.807, 2.05) is 24.3 Å². The van der Waals surface area contributed by atoms with E-state index >= 15 is 0 Å². The van der Waals surface area contributed by atoms with Crippen LogP contribution in [0.5, 0.6) is 28.9 Å². The van der Waals surface area contributed by atoms with Gasteiger partial charge >= 0.3 is 0 Å². The van der Waals surface area contributed by atoms with Gasteiger partial charge in [-0.2, -0.15) is 0 Å². The smallest absolute Gasteiger partial charge is 0.253 e. The number of methoxy groups -OCH3 is 3. The van der Waals surface area contributed by atoms with Gasteiger partial charge in [-0.3, -0.25) is 4.79 Å². The topological polar surface area (TPSA) is 78.9 Å². The summed E-state index contributed by atoms with van der Waals surface area (Å²) >= 11 is 3.38. The second kappa shape index (κ2) is 9.98. The SMILES string of the molecule is COc1cc(CNC(=O)c2ccc(Oc3ccc(Br)cc3)nc2)cc(OC)c1OC. The van der Waals surface area contributed by atoms with Gasteiger partial charge in [0.2, 0.25) is 11.6 Å². The first-order valence-electron chi connectivity index (χ1n) is 9.00. The second-order valence-corrected chi connectivity index (χ2v) is 7.07. The number of halogens is 1. The molecule has 3 rings (SSSR count). The van der Waals surface area contributed by atoms with Crippen molar-refractivity contribution in [3.63, 3.8) is 0 Å². The highest BCUT2D eigenvalue weighted by molar-refractivity contribution is 9.10. The summed E-state index contributed by atoms with van der Waals surface area (Å²) < 4.78 is 22.6. The predicted molar refractivity (Wildman–Crippen MR) is 116 cm³/mol. The zero-order valence-corrected chi connectivity index (χ0v) is 18.4. The average molecular weight is 473 g/mol. The standard InChI is InChI=1S/C22H21BrN2O5/c1-27-18-10-14(11-19(28-2)21(18)29-3)12-25-22(26)15-4-9-20(24-13-15)30-17-7-5-16(23)6-8-17/h4-11,13H,12H2,1-3H3,(H,25,26). The molecule has 0 fully saturated rings. The molecule has 0 atom stereocenters. The quantitative estimate of drug-likeness (QED) is 0.516. The molecule has 1 heterocycles. The number of hydrogen-bond acceptors (Lipinski definition) is 6. The molecule has 2 aromatic carbocycles. The maximum atomic E-state index is 12.5. The van der Waals surface area contributed by atoms with E-state index in [2.05, 4.69) is 26.2 Å². The number of aromatic nitrogens is 1. The van der Waals surface area contributed by atoms with Gasteiger partial charge in [-0.1, -0.05) is 15.9 Å². The molecule has 8 heteroatoms. The molecule has 0 unspecified atom stereocenters. The zero-order valence-electron chi connectivity index (χ0n) is 16.8. The number of rotatable bonds is 8. The van der Waals surface area contributed by atoms with Crippen molar-refractivity contribution in [2.45, 2.75) is 6.54 Å². The third-order valence-corrected chi connectivity index (χ3v) is 4.74. The van der Waals surface area contributed by atoms with Gasteiger partial charge in [0.1, 0.15) is 5.75 Å². The molecule has 0 radical (unpaired) electrons. The van der Waals surface area contributed by atoms with Gasteiger partial charge in [0.15, 0.2) is 11.5 Å². The van der Waals surface area contributed by atoms with E-state index < -0.39 is 0 Å². The third kappa shape index (κ3) is 5.21. The predicted octanol–water partition coefficient (Wildman–Crippen LogP) is 4.59. The molecule has 1 aromatic heterocycles. The molecule has 0 aliphatic rings. The molecule has 1 amide bonds. The van der Waals surface area contributed by atoms with Crippen LogP contribution in [-0.2, 0) is 6.54 Å². The molecule has 0 saturated carbocycles. The van der Waals surface area contributed by atoms with Crippen molar-refractivity contribution in [1.82, 2.24) is 10.3 Å². The highest BCUT2D eigenvalue weighted by Crippen LogP contribution is 2.38. The van der Waals surface area contributed by atoms with E-state index in [9.17, 15) is 4.79 Å². The van der Waals surface area contributed by atoms with Gasteiger partial charge in [0.05, 0.1) is 26.9 Å². The Morgan fingerprint density at radius 2 is 1.63 bits per heavy atom. The molecule has 1 N–H and O–H groups in total. The summed E-state index contributed by atoms with van der Waals surface area (Å²) in [7, 11) is 4.63. The van der Waals surface area contributed by atoms with E-state index in [1.165, 1.54) is 6.20 Å². The maximum Gasteiger partial charge on any atom is 0.253 e. The fourth-order valence-corrected chi connectivity index (χ4v) is 2.98. The van der Waals surface area contributed by atoms with E-state index in [1.54, 1.807) is 45.6 Å². The molecule has 0 aliphatic carbocycles. The highest BCUT2D eigenvalue weighted by Gasteiger charge is 2.14. The second-order valence-electron chi connectivity index (χ2n) is 6.16. The molecule has 156 valence electrons. The number of benzene rings is 2. The molecule has 7 nitrogen and oxygen atoms in total. The largest absolute Gasteiger partial charge is 0.493 e. The normalized spacial score (nSPS) is 10.3. The number of carbonyl (C=O) groups is 1. The van der Waals surface area contributed by atoms with Crippen LogP contribution in [0.25, 0.3) is 0 Å². The molecule has 30 heavy (non-hydrogen) atoms. The minimum atomic E-state index is -0.258. The molecule has 0 saturated heterocycles. The van der Waals surface area contributed by atoms with Crippen LogP contribution in [0.3, 0.4) is 0 Å². The maximum absolute atomic E-state index is 12.5. The van der Waals surface area contributed by atoms with Crippen LogP contribution in [0.1, 0.15) is 15.9 Å². The van der Waals surface area contributed by atoms with Crippen molar-refractivity contribution in [3.8, 4) is 28.9 Å². The first-order valence-corrected chi connectivity index (χ1v) is 9.80. The summed E-state index contributed by atoms with van der Waals surface area (Å²) in [6.45, 7) is 0.284. The molecule has 0 bridgehead atoms. The van der Waals surface area contributed by atoms with Gasteiger partial charge < -0.3 is 24.3 Å². The number of nitrogens with one attached hydrogen (secondary N) is 1. The van der Waals surface area contributed by atoms with Crippen molar-refractivity contribution >= 4 is 21.8 Å². The van der Waals surface area contributed by atoms with Crippen molar-refractivity contribution < 1.29 is 23.7 Å². The Bertz CT molecular complexity index is 982. The minimum absolute atomic E-state index is 0.258. The van der Waals surface area contributed by atoms with E-state index in [0.29, 0.717) is 34.4 Å². The number of nitrogens with zero attached hydrogens (tertiary/aromatic N) is 1. The number of ether oxygens (including phenoxy) is 4. The number of hydrogen-bond donors (Lipinski definition) is 1. The van der Waals surface area contributed by atoms with Crippen molar-refractivity contribution in [2.75, 3.05) is 21.3 Å². The lowest BCUT2D eigenvalue weighted by Gasteiger charge is -2.14. The number of pyridine rings is 1. The zero-order chi connectivity index (χ0) is 21.5. The Morgan fingerprint density at radius 1 is 0.967 bits per heavy atom. The summed E-state index contributed by atoms with van der Waals surface area (Å²) in [5.41, 5.74) is 1.23. The van der Waals surface area contributed by atoms with Gasteiger partial charge in [0, 0.05) is 23.3 Å². The van der Waals surface area contributed by atoms with Crippen LogP contribution in [-0.4, -0.2) is 32.2 Å². The Kier molecular flexibility index (Phi) is 7.13. The lowest BCUT2D eigenvalue weighted by molar-refractivity contribution is 0.0950. The fourth-order valence-electron chi connectivity index (χ4n) is 2.72. The van der Waals surface area contributed by atoms with Gasteiger partial charge in [-0.05, 0) is 48.0 Å². The van der Waals surface area contributed by atoms with Crippen molar-refractivity contribution in [1.29, 1.82) is 0 Å². The van der Waals surface area contributed by atoms with E-state index in [4.69, 9.17) is 18.9 Å². The van der Waals surface area contributed by atoms with Crippen LogP contribution < -0.4 is 24.3 Å². The van der Waals surface area contributed by atoms with Crippen LogP contribution >= 0.6 is 15.9 Å². The Morgan fingerprint density at radius 3 is 2.17 bits per heavy atom. The Hall–Kier alpha value is -3.26. The molecule has 0 spiro atoms. The highest BCUT2D eigenvalue weighted by atomic mass is 79.9. The lowest BCUT2D eigenvalue weighted by atomic mass is 10.1. The summed E-state index contributed by atoms with van der Waals surface area (Å²) in [6.07, 6.45) is 1.47. The van der Waals surface area contributed by atoms with Crippen molar-refractivity contribution in [3.05, 3.63) is 70.3 Å². The number of carbonyl (C=O) groups excluding carboxylic acids is 1. The molecular weight excluding hydrogens is 452 g/mol.